The molecule has 0 unspecified atom stereocenters. The van der Waals surface area contributed by atoms with E-state index < -0.39 is 0 Å². The normalized spacial score (nSPS) is 9.92. The lowest BCUT2D eigenvalue weighted by Crippen LogP contribution is -1.96. The van der Waals surface area contributed by atoms with Crippen LogP contribution in [-0.4, -0.2) is 10.3 Å². The van der Waals surface area contributed by atoms with Crippen LogP contribution in [0.25, 0.3) is 0 Å². The molecule has 0 aliphatic heterocycles. The molecule has 3 nitrogen and oxygen atoms in total. The summed E-state index contributed by atoms with van der Waals surface area (Å²) in [5.74, 6) is 0. The van der Waals surface area contributed by atoms with Crippen molar-refractivity contribution in [1.29, 1.82) is 0 Å². The minimum absolute atomic E-state index is 0.00132. The predicted molar refractivity (Wildman–Crippen MR) is 47.2 cm³/mol. The van der Waals surface area contributed by atoms with Crippen molar-refractivity contribution in [2.24, 2.45) is 0 Å². The van der Waals surface area contributed by atoms with Crippen molar-refractivity contribution in [3.05, 3.63) is 29.3 Å². The van der Waals surface area contributed by atoms with Crippen LogP contribution in [-0.2, 0) is 13.0 Å². The van der Waals surface area contributed by atoms with Crippen LogP contribution < -0.4 is 5.48 Å². The Morgan fingerprint density at radius 2 is 2.17 bits per heavy atom. The first-order valence-electron chi connectivity index (χ1n) is 3.94. The molecule has 0 amide bonds. The molecule has 0 aromatic heterocycles. The zero-order valence-corrected chi connectivity index (χ0v) is 7.04. The Balaban J connectivity index is 3.02. The fraction of sp³-hybridized carbons (Fsp3) is 0.333. The van der Waals surface area contributed by atoms with E-state index >= 15 is 0 Å². The molecule has 3 N–H and O–H groups in total. The molecule has 0 saturated carbocycles. The van der Waals surface area contributed by atoms with Gasteiger partial charge in [0.25, 0.3) is 0 Å². The van der Waals surface area contributed by atoms with E-state index in [1.807, 2.05) is 19.1 Å². The molecule has 0 saturated heterocycles. The van der Waals surface area contributed by atoms with Crippen molar-refractivity contribution < 1.29 is 10.3 Å². The Morgan fingerprint density at radius 1 is 1.42 bits per heavy atom. The van der Waals surface area contributed by atoms with Gasteiger partial charge in [-0.05, 0) is 23.6 Å². The molecule has 0 spiro atoms. The van der Waals surface area contributed by atoms with Crippen LogP contribution in [0.4, 0.5) is 5.69 Å². The van der Waals surface area contributed by atoms with Crippen molar-refractivity contribution in [3.8, 4) is 0 Å². The molecule has 1 aromatic carbocycles. The highest BCUT2D eigenvalue weighted by atomic mass is 16.5. The molecule has 1 aromatic rings. The summed E-state index contributed by atoms with van der Waals surface area (Å²) in [5, 5.41) is 17.5. The first-order valence-corrected chi connectivity index (χ1v) is 3.94. The molecule has 0 aliphatic rings. The molecule has 1 rings (SSSR count). The van der Waals surface area contributed by atoms with Crippen LogP contribution >= 0.6 is 0 Å². The summed E-state index contributed by atoms with van der Waals surface area (Å²) >= 11 is 0. The summed E-state index contributed by atoms with van der Waals surface area (Å²) in [6.07, 6.45) is 0.856. The van der Waals surface area contributed by atoms with Crippen LogP contribution in [0, 0.1) is 0 Å². The van der Waals surface area contributed by atoms with Gasteiger partial charge in [0.15, 0.2) is 0 Å². The lowest BCUT2D eigenvalue weighted by molar-refractivity contribution is 0.281. The van der Waals surface area contributed by atoms with Crippen LogP contribution in [0.15, 0.2) is 18.2 Å². The van der Waals surface area contributed by atoms with Crippen LogP contribution in [0.2, 0.25) is 0 Å². The Kier molecular flexibility index (Phi) is 3.08. The quantitative estimate of drug-likeness (QED) is 0.598. The van der Waals surface area contributed by atoms with Gasteiger partial charge >= 0.3 is 0 Å². The van der Waals surface area contributed by atoms with Gasteiger partial charge in [0.05, 0.1) is 12.3 Å². The third-order valence-electron chi connectivity index (χ3n) is 1.86. The number of nitrogens with one attached hydrogen (secondary N) is 1. The number of hydrogen-bond acceptors (Lipinski definition) is 3. The number of rotatable bonds is 3. The minimum atomic E-state index is -0.00132. The largest absolute Gasteiger partial charge is 0.392 e. The van der Waals surface area contributed by atoms with Gasteiger partial charge in [0, 0.05) is 0 Å². The second-order valence-electron chi connectivity index (χ2n) is 2.61. The fourth-order valence-electron chi connectivity index (χ4n) is 1.13. The molecule has 3 heteroatoms. The van der Waals surface area contributed by atoms with Crippen molar-refractivity contribution in [3.63, 3.8) is 0 Å². The highest BCUT2D eigenvalue weighted by Gasteiger charge is 1.99. The monoisotopic (exact) mass is 167 g/mol. The van der Waals surface area contributed by atoms with Crippen LogP contribution in [0.1, 0.15) is 18.1 Å². The van der Waals surface area contributed by atoms with E-state index in [9.17, 15) is 0 Å². The third-order valence-corrected chi connectivity index (χ3v) is 1.86. The number of aryl methyl sites for hydroxylation is 1. The summed E-state index contributed by atoms with van der Waals surface area (Å²) in [7, 11) is 0. The Hall–Kier alpha value is -1.06. The number of aliphatic hydroxyl groups excluding tert-OH is 1. The maximum atomic E-state index is 8.81. The van der Waals surface area contributed by atoms with Gasteiger partial charge in [-0.1, -0.05) is 19.1 Å². The Labute approximate surface area is 71.6 Å². The topological polar surface area (TPSA) is 52.5 Å². The summed E-state index contributed by atoms with van der Waals surface area (Å²) in [4.78, 5) is 0. The summed E-state index contributed by atoms with van der Waals surface area (Å²) in [5.41, 5.74) is 4.61. The van der Waals surface area contributed by atoms with E-state index in [0.717, 1.165) is 17.5 Å². The highest BCUT2D eigenvalue weighted by Crippen LogP contribution is 2.17. The van der Waals surface area contributed by atoms with Crippen molar-refractivity contribution in [2.45, 2.75) is 20.0 Å². The fourth-order valence-corrected chi connectivity index (χ4v) is 1.13. The van der Waals surface area contributed by atoms with E-state index in [0.29, 0.717) is 5.69 Å². The number of benzene rings is 1. The predicted octanol–water partition coefficient (Wildman–Crippen LogP) is 1.54. The molecule has 0 fully saturated rings. The molecule has 0 atom stereocenters. The number of hydrogen-bond donors (Lipinski definition) is 3. The van der Waals surface area contributed by atoms with Gasteiger partial charge in [-0.2, -0.15) is 0 Å². The molecule has 0 aliphatic carbocycles. The highest BCUT2D eigenvalue weighted by molar-refractivity contribution is 5.51. The smallest absolute Gasteiger partial charge is 0.0682 e. The van der Waals surface area contributed by atoms with Gasteiger partial charge in [0.2, 0.25) is 0 Å². The van der Waals surface area contributed by atoms with Crippen molar-refractivity contribution in [2.75, 3.05) is 5.48 Å². The standard InChI is InChI=1S/C9H13NO2/c1-2-8-4-3-7(6-11)5-9(8)10-12/h3-5,10-12H,2,6H2,1H3. The van der Waals surface area contributed by atoms with Gasteiger partial charge in [-0.15, -0.1) is 0 Å². The van der Waals surface area contributed by atoms with Gasteiger partial charge in [-0.25, -0.2) is 0 Å². The van der Waals surface area contributed by atoms with Gasteiger partial charge in [0.1, 0.15) is 0 Å². The Morgan fingerprint density at radius 3 is 2.67 bits per heavy atom. The zero-order chi connectivity index (χ0) is 8.97. The average Bonchev–Trinajstić information content (AvgIpc) is 2.16. The van der Waals surface area contributed by atoms with E-state index in [1.54, 1.807) is 6.07 Å². The van der Waals surface area contributed by atoms with Crippen molar-refractivity contribution >= 4 is 5.69 Å². The number of anilines is 1. The summed E-state index contributed by atoms with van der Waals surface area (Å²) < 4.78 is 0. The molecular formula is C9H13NO2. The molecular weight excluding hydrogens is 154 g/mol. The van der Waals surface area contributed by atoms with Crippen molar-refractivity contribution in [1.82, 2.24) is 0 Å². The number of aliphatic hydroxyl groups is 1. The van der Waals surface area contributed by atoms with E-state index in [-0.39, 0.29) is 6.61 Å². The Bertz CT molecular complexity index is 261. The maximum Gasteiger partial charge on any atom is 0.0682 e. The first-order chi connectivity index (χ1) is 5.81. The molecule has 0 heterocycles. The second kappa shape index (κ2) is 4.09. The average molecular weight is 167 g/mol. The molecule has 66 valence electrons. The summed E-state index contributed by atoms with van der Waals surface area (Å²) in [6, 6.07) is 5.47. The molecule has 0 radical (unpaired) electrons. The van der Waals surface area contributed by atoms with Gasteiger partial charge in [-0.3, -0.25) is 10.7 Å². The minimum Gasteiger partial charge on any atom is -0.392 e. The van der Waals surface area contributed by atoms with E-state index in [1.165, 1.54) is 0 Å². The molecule has 12 heavy (non-hydrogen) atoms. The van der Waals surface area contributed by atoms with E-state index in [2.05, 4.69) is 5.48 Å². The van der Waals surface area contributed by atoms with Crippen LogP contribution in [0.5, 0.6) is 0 Å². The van der Waals surface area contributed by atoms with Gasteiger partial charge < -0.3 is 5.11 Å². The second-order valence-corrected chi connectivity index (χ2v) is 2.61. The lowest BCUT2D eigenvalue weighted by Gasteiger charge is -2.07. The lowest BCUT2D eigenvalue weighted by atomic mass is 10.1. The van der Waals surface area contributed by atoms with Crippen LogP contribution in [0.3, 0.4) is 0 Å². The summed E-state index contributed by atoms with van der Waals surface area (Å²) in [6.45, 7) is 2.01. The maximum absolute atomic E-state index is 8.81. The third kappa shape index (κ3) is 1.75. The molecule has 0 bridgehead atoms. The zero-order valence-electron chi connectivity index (χ0n) is 7.04. The SMILES string of the molecule is CCc1ccc(CO)cc1NO. The van der Waals surface area contributed by atoms with E-state index in [4.69, 9.17) is 10.3 Å². The first kappa shape index (κ1) is 9.03.